The Hall–Kier alpha value is -3.02. The summed E-state index contributed by atoms with van der Waals surface area (Å²) in [5.41, 5.74) is 1.91. The molecule has 0 atom stereocenters. The van der Waals surface area contributed by atoms with Gasteiger partial charge in [0.25, 0.3) is 5.91 Å². The molecule has 2 amide bonds. The van der Waals surface area contributed by atoms with Crippen molar-refractivity contribution < 1.29 is 14.0 Å². The van der Waals surface area contributed by atoms with Gasteiger partial charge in [0.05, 0.1) is 0 Å². The van der Waals surface area contributed by atoms with Crippen LogP contribution in [0.1, 0.15) is 45.7 Å². The van der Waals surface area contributed by atoms with Gasteiger partial charge in [-0.25, -0.2) is 4.39 Å². The van der Waals surface area contributed by atoms with E-state index in [4.69, 9.17) is 0 Å². The number of benzene rings is 2. The van der Waals surface area contributed by atoms with Gasteiger partial charge in [-0.15, -0.1) is 0 Å². The molecule has 0 bridgehead atoms. The molecule has 29 heavy (non-hydrogen) atoms. The Bertz CT molecular complexity index is 955. The van der Waals surface area contributed by atoms with E-state index in [9.17, 15) is 14.0 Å². The quantitative estimate of drug-likeness (QED) is 0.846. The van der Waals surface area contributed by atoms with Crippen molar-refractivity contribution in [3.8, 4) is 0 Å². The number of carbonyl (C=O) groups is 2. The molecule has 2 aromatic carbocycles. The number of nitrogens with zero attached hydrogens (tertiary/aromatic N) is 2. The predicted octanol–water partition coefficient (Wildman–Crippen LogP) is 4.13. The van der Waals surface area contributed by atoms with Gasteiger partial charge in [0, 0.05) is 11.3 Å². The van der Waals surface area contributed by atoms with Crippen molar-refractivity contribution in [2.45, 2.75) is 45.7 Å². The van der Waals surface area contributed by atoms with Crippen LogP contribution in [0.5, 0.6) is 0 Å². The van der Waals surface area contributed by atoms with E-state index in [0.717, 1.165) is 5.56 Å². The van der Waals surface area contributed by atoms with E-state index in [1.807, 2.05) is 24.3 Å². The second-order valence-corrected chi connectivity index (χ2v) is 8.73. The van der Waals surface area contributed by atoms with E-state index in [1.165, 1.54) is 34.7 Å². The summed E-state index contributed by atoms with van der Waals surface area (Å²) in [6.07, 6.45) is 0. The van der Waals surface area contributed by atoms with Crippen LogP contribution >= 0.6 is 0 Å². The average molecular weight is 395 g/mol. The van der Waals surface area contributed by atoms with Crippen molar-refractivity contribution in [2.24, 2.45) is 4.99 Å². The summed E-state index contributed by atoms with van der Waals surface area (Å²) in [5, 5.41) is 2.68. The molecule has 1 N–H and O–H groups in total. The number of nitrogens with one attached hydrogen (secondary N) is 1. The highest BCUT2D eigenvalue weighted by atomic mass is 19.1. The number of rotatable bonds is 4. The van der Waals surface area contributed by atoms with Gasteiger partial charge in [-0.3, -0.25) is 14.6 Å². The SMILES string of the molecule is CC(C)(C)c1ccc(C2=NC(C)(C)N(CC(=O)Nc3ccc(F)cc3)C2=O)cc1. The second-order valence-electron chi connectivity index (χ2n) is 8.73. The Morgan fingerprint density at radius 3 is 2.21 bits per heavy atom. The van der Waals surface area contributed by atoms with E-state index in [2.05, 4.69) is 31.1 Å². The van der Waals surface area contributed by atoms with Crippen LogP contribution in [0.3, 0.4) is 0 Å². The Kier molecular flexibility index (Phi) is 5.30. The van der Waals surface area contributed by atoms with E-state index in [1.54, 1.807) is 13.8 Å². The predicted molar refractivity (Wildman–Crippen MR) is 113 cm³/mol. The molecule has 5 nitrogen and oxygen atoms in total. The highest BCUT2D eigenvalue weighted by molar-refractivity contribution is 6.47. The highest BCUT2D eigenvalue weighted by Crippen LogP contribution is 2.28. The molecule has 3 rings (SSSR count). The van der Waals surface area contributed by atoms with Gasteiger partial charge in [-0.05, 0) is 49.1 Å². The summed E-state index contributed by atoms with van der Waals surface area (Å²) < 4.78 is 13.0. The molecule has 152 valence electrons. The average Bonchev–Trinajstić information content (AvgIpc) is 2.86. The Morgan fingerprint density at radius 1 is 1.07 bits per heavy atom. The van der Waals surface area contributed by atoms with Crippen LogP contribution in [0, 0.1) is 5.82 Å². The van der Waals surface area contributed by atoms with Crippen molar-refractivity contribution in [2.75, 3.05) is 11.9 Å². The summed E-state index contributed by atoms with van der Waals surface area (Å²) in [7, 11) is 0. The molecule has 0 unspecified atom stereocenters. The molecule has 6 heteroatoms. The molecule has 1 aliphatic rings. The number of amides is 2. The minimum absolute atomic E-state index is 0.0176. The zero-order valence-electron chi connectivity index (χ0n) is 17.4. The Labute approximate surface area is 170 Å². The van der Waals surface area contributed by atoms with Crippen LogP contribution in [-0.4, -0.2) is 34.6 Å². The molecule has 0 saturated carbocycles. The lowest BCUT2D eigenvalue weighted by Gasteiger charge is -2.28. The molecule has 0 fully saturated rings. The fourth-order valence-corrected chi connectivity index (χ4v) is 3.22. The number of hydrogen-bond donors (Lipinski definition) is 1. The van der Waals surface area contributed by atoms with Gasteiger partial charge >= 0.3 is 0 Å². The zero-order chi connectivity index (χ0) is 21.4. The van der Waals surface area contributed by atoms with Crippen molar-refractivity contribution in [1.82, 2.24) is 4.90 Å². The van der Waals surface area contributed by atoms with Crippen molar-refractivity contribution in [3.63, 3.8) is 0 Å². The summed E-state index contributed by atoms with van der Waals surface area (Å²) >= 11 is 0. The van der Waals surface area contributed by atoms with Gasteiger partial charge in [-0.2, -0.15) is 0 Å². The lowest BCUT2D eigenvalue weighted by atomic mass is 9.86. The normalized spacial score (nSPS) is 16.0. The summed E-state index contributed by atoms with van der Waals surface area (Å²) in [5.74, 6) is -1.03. The van der Waals surface area contributed by atoms with E-state index < -0.39 is 5.66 Å². The number of aliphatic imine (C=N–C) groups is 1. The minimum Gasteiger partial charge on any atom is -0.325 e. The standard InChI is InChI=1S/C23H26FN3O2/c1-22(2,3)16-8-6-15(7-9-16)20-21(29)27(23(4,5)26-20)14-19(28)25-18-12-10-17(24)11-13-18/h6-13H,14H2,1-5H3,(H,25,28). The number of hydrogen-bond acceptors (Lipinski definition) is 3. The van der Waals surface area contributed by atoms with Crippen LogP contribution in [0.4, 0.5) is 10.1 Å². The first-order valence-electron chi connectivity index (χ1n) is 9.55. The molecule has 1 heterocycles. The molecule has 0 spiro atoms. The zero-order valence-corrected chi connectivity index (χ0v) is 17.4. The third-order valence-electron chi connectivity index (χ3n) is 4.95. The molecular formula is C23H26FN3O2. The van der Waals surface area contributed by atoms with Crippen LogP contribution < -0.4 is 5.32 Å². The first-order valence-corrected chi connectivity index (χ1v) is 9.55. The molecule has 2 aromatic rings. The van der Waals surface area contributed by atoms with Gasteiger partial charge in [0.1, 0.15) is 23.7 Å². The van der Waals surface area contributed by atoms with E-state index >= 15 is 0 Å². The van der Waals surface area contributed by atoms with Gasteiger partial charge in [0.2, 0.25) is 5.91 Å². The van der Waals surface area contributed by atoms with Crippen LogP contribution in [0.15, 0.2) is 53.5 Å². The third-order valence-corrected chi connectivity index (χ3v) is 4.95. The molecule has 0 saturated heterocycles. The lowest BCUT2D eigenvalue weighted by Crippen LogP contribution is -2.46. The van der Waals surface area contributed by atoms with Crippen molar-refractivity contribution in [1.29, 1.82) is 0 Å². The second kappa shape index (κ2) is 7.43. The first-order chi connectivity index (χ1) is 13.5. The fourth-order valence-electron chi connectivity index (χ4n) is 3.22. The fraction of sp³-hybridized carbons (Fsp3) is 0.348. The topological polar surface area (TPSA) is 61.8 Å². The monoisotopic (exact) mass is 395 g/mol. The maximum absolute atomic E-state index is 13.0. The molecule has 1 aliphatic heterocycles. The maximum Gasteiger partial charge on any atom is 0.275 e. The Balaban J connectivity index is 1.75. The molecule has 0 aromatic heterocycles. The van der Waals surface area contributed by atoms with Crippen molar-refractivity contribution in [3.05, 3.63) is 65.5 Å². The Morgan fingerprint density at radius 2 is 1.66 bits per heavy atom. The smallest absolute Gasteiger partial charge is 0.275 e. The van der Waals surface area contributed by atoms with Gasteiger partial charge in [0.15, 0.2) is 0 Å². The molecule has 0 radical (unpaired) electrons. The number of anilines is 1. The lowest BCUT2D eigenvalue weighted by molar-refractivity contribution is -0.131. The van der Waals surface area contributed by atoms with Crippen LogP contribution in [0.25, 0.3) is 0 Å². The minimum atomic E-state index is -0.838. The van der Waals surface area contributed by atoms with E-state index in [-0.39, 0.29) is 29.6 Å². The van der Waals surface area contributed by atoms with Gasteiger partial charge in [-0.1, -0.05) is 45.0 Å². The van der Waals surface area contributed by atoms with E-state index in [0.29, 0.717) is 11.4 Å². The number of halogens is 1. The summed E-state index contributed by atoms with van der Waals surface area (Å²) in [6.45, 7) is 9.84. The largest absolute Gasteiger partial charge is 0.325 e. The molecule has 0 aliphatic carbocycles. The van der Waals surface area contributed by atoms with Crippen LogP contribution in [-0.2, 0) is 15.0 Å². The summed E-state index contributed by atoms with van der Waals surface area (Å²) in [4.78, 5) is 31.5. The molecular weight excluding hydrogens is 369 g/mol. The summed E-state index contributed by atoms with van der Waals surface area (Å²) in [6, 6.07) is 13.3. The van der Waals surface area contributed by atoms with Crippen LogP contribution in [0.2, 0.25) is 0 Å². The van der Waals surface area contributed by atoms with Crippen molar-refractivity contribution >= 4 is 23.2 Å². The number of carbonyl (C=O) groups excluding carboxylic acids is 2. The van der Waals surface area contributed by atoms with Gasteiger partial charge < -0.3 is 10.2 Å². The maximum atomic E-state index is 13.0. The third kappa shape index (κ3) is 4.53. The first kappa shape index (κ1) is 20.7. The highest BCUT2D eigenvalue weighted by Gasteiger charge is 2.41.